The van der Waals surface area contributed by atoms with Gasteiger partial charge in [-0.15, -0.1) is 0 Å². The van der Waals surface area contributed by atoms with E-state index in [2.05, 4.69) is 17.1 Å². The molecular weight excluding hydrogens is 166 g/mol. The standard InChI is InChI=1S/C10H13NO2/c12-10(13)8-5-7-3-1-2-4-9(7)11-6-8/h1-2,7-8H,3-6H2,(H,12,13). The van der Waals surface area contributed by atoms with E-state index < -0.39 is 5.97 Å². The first kappa shape index (κ1) is 8.48. The third kappa shape index (κ3) is 1.64. The summed E-state index contributed by atoms with van der Waals surface area (Å²) in [5.41, 5.74) is 1.21. The fourth-order valence-electron chi connectivity index (χ4n) is 2.02. The molecule has 0 amide bonds. The Labute approximate surface area is 77.2 Å². The predicted octanol–water partition coefficient (Wildman–Crippen LogP) is 1.50. The largest absolute Gasteiger partial charge is 0.481 e. The maximum atomic E-state index is 10.7. The zero-order chi connectivity index (χ0) is 9.26. The second-order valence-electron chi connectivity index (χ2n) is 3.71. The van der Waals surface area contributed by atoms with E-state index in [-0.39, 0.29) is 5.92 Å². The smallest absolute Gasteiger partial charge is 0.308 e. The predicted molar refractivity (Wildman–Crippen MR) is 49.9 cm³/mol. The van der Waals surface area contributed by atoms with Gasteiger partial charge in [0, 0.05) is 18.1 Å². The van der Waals surface area contributed by atoms with Crippen LogP contribution in [-0.4, -0.2) is 23.3 Å². The van der Waals surface area contributed by atoms with Gasteiger partial charge in [0.2, 0.25) is 0 Å². The highest BCUT2D eigenvalue weighted by Crippen LogP contribution is 2.28. The molecule has 13 heavy (non-hydrogen) atoms. The maximum Gasteiger partial charge on any atom is 0.308 e. The molecule has 0 bridgehead atoms. The van der Waals surface area contributed by atoms with Gasteiger partial charge in [-0.3, -0.25) is 9.79 Å². The zero-order valence-corrected chi connectivity index (χ0v) is 7.44. The number of aliphatic imine (C=N–C) groups is 1. The summed E-state index contributed by atoms with van der Waals surface area (Å²) in [6, 6.07) is 0. The van der Waals surface area contributed by atoms with Crippen molar-refractivity contribution >= 4 is 11.7 Å². The molecule has 0 aromatic heterocycles. The fourth-order valence-corrected chi connectivity index (χ4v) is 2.02. The summed E-state index contributed by atoms with van der Waals surface area (Å²) in [6.07, 6.45) is 6.93. The molecule has 2 unspecified atom stereocenters. The van der Waals surface area contributed by atoms with Crippen molar-refractivity contribution in [3.05, 3.63) is 12.2 Å². The van der Waals surface area contributed by atoms with E-state index in [0.29, 0.717) is 12.5 Å². The van der Waals surface area contributed by atoms with E-state index in [9.17, 15) is 4.79 Å². The number of allylic oxidation sites excluding steroid dienone is 2. The van der Waals surface area contributed by atoms with Crippen molar-refractivity contribution in [1.82, 2.24) is 0 Å². The molecule has 2 rings (SSSR count). The first-order chi connectivity index (χ1) is 6.27. The van der Waals surface area contributed by atoms with Crippen LogP contribution in [0.25, 0.3) is 0 Å². The Morgan fingerprint density at radius 3 is 3.15 bits per heavy atom. The molecule has 0 saturated heterocycles. The van der Waals surface area contributed by atoms with Crippen LogP contribution in [-0.2, 0) is 4.79 Å². The summed E-state index contributed by atoms with van der Waals surface area (Å²) in [5, 5.41) is 8.84. The first-order valence-corrected chi connectivity index (χ1v) is 4.68. The van der Waals surface area contributed by atoms with Gasteiger partial charge in [-0.05, 0) is 12.8 Å². The van der Waals surface area contributed by atoms with Crippen LogP contribution in [0.4, 0.5) is 0 Å². The molecule has 0 aromatic carbocycles. The summed E-state index contributed by atoms with van der Waals surface area (Å²) in [5.74, 6) is -0.544. The lowest BCUT2D eigenvalue weighted by Gasteiger charge is -2.27. The molecule has 1 N–H and O–H groups in total. The molecular formula is C10H13NO2. The van der Waals surface area contributed by atoms with E-state index in [0.717, 1.165) is 19.3 Å². The average Bonchev–Trinajstić information content (AvgIpc) is 2.17. The van der Waals surface area contributed by atoms with E-state index in [4.69, 9.17) is 5.11 Å². The number of hydrogen-bond acceptors (Lipinski definition) is 2. The highest BCUT2D eigenvalue weighted by atomic mass is 16.4. The summed E-state index contributed by atoms with van der Waals surface area (Å²) in [6.45, 7) is 0.481. The average molecular weight is 179 g/mol. The number of hydrogen-bond donors (Lipinski definition) is 1. The van der Waals surface area contributed by atoms with Crippen LogP contribution < -0.4 is 0 Å². The van der Waals surface area contributed by atoms with Crippen molar-refractivity contribution in [3.8, 4) is 0 Å². The monoisotopic (exact) mass is 179 g/mol. The van der Waals surface area contributed by atoms with E-state index in [1.165, 1.54) is 5.71 Å². The highest BCUT2D eigenvalue weighted by molar-refractivity contribution is 5.90. The summed E-state index contributed by atoms with van der Waals surface area (Å²) in [4.78, 5) is 15.1. The molecule has 2 atom stereocenters. The maximum absolute atomic E-state index is 10.7. The number of aliphatic carboxylic acids is 1. The molecule has 0 spiro atoms. The van der Waals surface area contributed by atoms with E-state index >= 15 is 0 Å². The van der Waals surface area contributed by atoms with Crippen LogP contribution in [0.15, 0.2) is 17.1 Å². The molecule has 70 valence electrons. The van der Waals surface area contributed by atoms with E-state index in [1.54, 1.807) is 0 Å². The van der Waals surface area contributed by atoms with Gasteiger partial charge in [-0.1, -0.05) is 12.2 Å². The number of fused-ring (bicyclic) bond motifs is 1. The molecule has 0 aromatic rings. The molecule has 0 fully saturated rings. The number of rotatable bonds is 1. The van der Waals surface area contributed by atoms with Gasteiger partial charge < -0.3 is 5.11 Å². The van der Waals surface area contributed by atoms with Crippen molar-refractivity contribution in [1.29, 1.82) is 0 Å². The minimum absolute atomic E-state index is 0.250. The van der Waals surface area contributed by atoms with Crippen molar-refractivity contribution in [2.24, 2.45) is 16.8 Å². The molecule has 2 aliphatic rings. The van der Waals surface area contributed by atoms with Crippen molar-refractivity contribution in [3.63, 3.8) is 0 Å². The quantitative estimate of drug-likeness (QED) is 0.620. The lowest BCUT2D eigenvalue weighted by molar-refractivity contribution is -0.141. The van der Waals surface area contributed by atoms with Crippen molar-refractivity contribution < 1.29 is 9.90 Å². The second-order valence-corrected chi connectivity index (χ2v) is 3.71. The lowest BCUT2D eigenvalue weighted by atomic mass is 9.82. The van der Waals surface area contributed by atoms with Gasteiger partial charge in [0.25, 0.3) is 0 Å². The van der Waals surface area contributed by atoms with Gasteiger partial charge in [-0.2, -0.15) is 0 Å². The summed E-state index contributed by atoms with van der Waals surface area (Å²) < 4.78 is 0. The molecule has 3 heteroatoms. The second kappa shape index (κ2) is 3.32. The van der Waals surface area contributed by atoms with Crippen molar-refractivity contribution in [2.75, 3.05) is 6.54 Å². The Morgan fingerprint density at radius 2 is 2.38 bits per heavy atom. The van der Waals surface area contributed by atoms with Gasteiger partial charge in [0.15, 0.2) is 0 Å². The molecule has 0 saturated carbocycles. The zero-order valence-electron chi connectivity index (χ0n) is 7.44. The summed E-state index contributed by atoms with van der Waals surface area (Å²) >= 11 is 0. The van der Waals surface area contributed by atoms with Crippen LogP contribution in [0, 0.1) is 11.8 Å². The van der Waals surface area contributed by atoms with Crippen LogP contribution >= 0.6 is 0 Å². The molecule has 1 heterocycles. The fraction of sp³-hybridized carbons (Fsp3) is 0.600. The van der Waals surface area contributed by atoms with E-state index in [1.807, 2.05) is 0 Å². The van der Waals surface area contributed by atoms with Crippen LogP contribution in [0.2, 0.25) is 0 Å². The number of nitrogens with zero attached hydrogens (tertiary/aromatic N) is 1. The Kier molecular flexibility index (Phi) is 2.17. The topological polar surface area (TPSA) is 49.7 Å². The Balaban J connectivity index is 2.11. The minimum Gasteiger partial charge on any atom is -0.481 e. The minimum atomic E-state index is -0.697. The highest BCUT2D eigenvalue weighted by Gasteiger charge is 2.29. The number of carboxylic acid groups (broad SMARTS) is 1. The third-order valence-corrected chi connectivity index (χ3v) is 2.82. The molecule has 0 radical (unpaired) electrons. The Bertz CT molecular complexity index is 281. The molecule has 3 nitrogen and oxygen atoms in total. The number of carbonyl (C=O) groups is 1. The Morgan fingerprint density at radius 1 is 1.54 bits per heavy atom. The van der Waals surface area contributed by atoms with Crippen molar-refractivity contribution in [2.45, 2.75) is 19.3 Å². The lowest BCUT2D eigenvalue weighted by Crippen LogP contribution is -2.31. The third-order valence-electron chi connectivity index (χ3n) is 2.82. The Hall–Kier alpha value is -1.12. The molecule has 1 aliphatic heterocycles. The first-order valence-electron chi connectivity index (χ1n) is 4.68. The normalized spacial score (nSPS) is 32.2. The SMILES string of the molecule is O=C(O)C1CN=C2CC=CCC2C1. The van der Waals surface area contributed by atoms with Gasteiger partial charge >= 0.3 is 5.97 Å². The molecule has 1 aliphatic carbocycles. The van der Waals surface area contributed by atoms with Crippen LogP contribution in [0.1, 0.15) is 19.3 Å². The summed E-state index contributed by atoms with van der Waals surface area (Å²) in [7, 11) is 0. The van der Waals surface area contributed by atoms with Crippen LogP contribution in [0.5, 0.6) is 0 Å². The van der Waals surface area contributed by atoms with Gasteiger partial charge in [0.05, 0.1) is 12.5 Å². The van der Waals surface area contributed by atoms with Crippen LogP contribution in [0.3, 0.4) is 0 Å². The number of carboxylic acids is 1. The van der Waals surface area contributed by atoms with Gasteiger partial charge in [0.1, 0.15) is 0 Å². The van der Waals surface area contributed by atoms with Gasteiger partial charge in [-0.25, -0.2) is 0 Å².